The van der Waals surface area contributed by atoms with E-state index in [2.05, 4.69) is 17.1 Å². The minimum Gasteiger partial charge on any atom is -0.378 e. The third-order valence-corrected chi connectivity index (χ3v) is 6.75. The Labute approximate surface area is 181 Å². The van der Waals surface area contributed by atoms with E-state index in [0.717, 1.165) is 63.2 Å². The van der Waals surface area contributed by atoms with E-state index in [9.17, 15) is 9.59 Å². The van der Waals surface area contributed by atoms with Gasteiger partial charge in [-0.25, -0.2) is 0 Å². The van der Waals surface area contributed by atoms with Gasteiger partial charge in [-0.1, -0.05) is 6.92 Å². The molecule has 0 bridgehead atoms. The van der Waals surface area contributed by atoms with Crippen molar-refractivity contribution in [2.45, 2.75) is 51.5 Å². The number of nitrogens with one attached hydrogen (secondary N) is 1. The Balaban J connectivity index is 1.36. The van der Waals surface area contributed by atoms with E-state index in [0.29, 0.717) is 18.4 Å². The van der Waals surface area contributed by atoms with Crippen molar-refractivity contribution in [3.8, 4) is 0 Å². The number of carbonyl (C=O) groups excluding carboxylic acids is 2. The van der Waals surface area contributed by atoms with E-state index in [4.69, 9.17) is 0 Å². The van der Waals surface area contributed by atoms with Gasteiger partial charge in [0.1, 0.15) is 0 Å². The molecule has 0 radical (unpaired) electrons. The predicted octanol–water partition coefficient (Wildman–Crippen LogP) is 2.99. The molecule has 166 valence electrons. The van der Waals surface area contributed by atoms with Crippen molar-refractivity contribution < 1.29 is 9.59 Å². The fraction of sp³-hybridized carbons (Fsp3) is 0.667. The summed E-state index contributed by atoms with van der Waals surface area (Å²) in [5, 5.41) is 3.14. The highest BCUT2D eigenvalue weighted by Crippen LogP contribution is 2.24. The summed E-state index contributed by atoms with van der Waals surface area (Å²) in [6, 6.07) is 8.32. The highest BCUT2D eigenvalue weighted by Gasteiger charge is 2.25. The van der Waals surface area contributed by atoms with Crippen molar-refractivity contribution in [3.63, 3.8) is 0 Å². The molecule has 2 saturated heterocycles. The summed E-state index contributed by atoms with van der Waals surface area (Å²) in [5.74, 6) is 0.834. The van der Waals surface area contributed by atoms with Crippen LogP contribution in [-0.2, 0) is 4.79 Å². The van der Waals surface area contributed by atoms with E-state index in [-0.39, 0.29) is 11.8 Å². The van der Waals surface area contributed by atoms with E-state index in [1.54, 1.807) is 0 Å². The molecule has 0 saturated carbocycles. The van der Waals surface area contributed by atoms with Crippen molar-refractivity contribution in [1.29, 1.82) is 0 Å². The van der Waals surface area contributed by atoms with Gasteiger partial charge in [-0.2, -0.15) is 0 Å². The van der Waals surface area contributed by atoms with Crippen LogP contribution in [0.5, 0.6) is 0 Å². The first kappa shape index (κ1) is 22.6. The van der Waals surface area contributed by atoms with Crippen LogP contribution in [0.2, 0.25) is 0 Å². The molecule has 6 heteroatoms. The van der Waals surface area contributed by atoms with Crippen molar-refractivity contribution in [1.82, 2.24) is 15.1 Å². The third kappa shape index (κ3) is 5.97. The van der Waals surface area contributed by atoms with Gasteiger partial charge in [0.2, 0.25) is 5.91 Å². The van der Waals surface area contributed by atoms with Crippen LogP contribution in [0, 0.1) is 5.92 Å². The molecule has 0 unspecified atom stereocenters. The average molecular weight is 415 g/mol. The van der Waals surface area contributed by atoms with Crippen LogP contribution in [0.1, 0.15) is 55.8 Å². The largest absolute Gasteiger partial charge is 0.378 e. The Kier molecular flexibility index (Phi) is 8.14. The lowest BCUT2D eigenvalue weighted by Crippen LogP contribution is -2.40. The van der Waals surface area contributed by atoms with Crippen LogP contribution in [-0.4, -0.2) is 74.5 Å². The Morgan fingerprint density at radius 2 is 1.77 bits per heavy atom. The second-order valence-electron chi connectivity index (χ2n) is 8.94. The Morgan fingerprint density at radius 3 is 2.40 bits per heavy atom. The van der Waals surface area contributed by atoms with Gasteiger partial charge in [-0.3, -0.25) is 14.5 Å². The maximum atomic E-state index is 12.8. The molecule has 2 aliphatic rings. The number of likely N-dealkylation sites (N-methyl/N-ethyl adjacent to an activating group) is 1. The quantitative estimate of drug-likeness (QED) is 0.711. The predicted molar refractivity (Wildman–Crippen MR) is 122 cm³/mol. The normalized spacial score (nSPS) is 20.4. The van der Waals surface area contributed by atoms with Crippen molar-refractivity contribution in [2.75, 3.05) is 51.7 Å². The zero-order valence-corrected chi connectivity index (χ0v) is 18.9. The number of amides is 2. The number of hydrogen-bond acceptors (Lipinski definition) is 4. The average Bonchev–Trinajstić information content (AvgIpc) is 3.24. The molecule has 3 rings (SSSR count). The summed E-state index contributed by atoms with van der Waals surface area (Å²) in [6.45, 7) is 6.77. The summed E-state index contributed by atoms with van der Waals surface area (Å²) < 4.78 is 0. The van der Waals surface area contributed by atoms with Gasteiger partial charge in [-0.15, -0.1) is 0 Å². The number of carbonyl (C=O) groups is 2. The fourth-order valence-corrected chi connectivity index (χ4v) is 4.71. The number of rotatable bonds is 8. The highest BCUT2D eigenvalue weighted by molar-refractivity contribution is 5.94. The smallest absolute Gasteiger partial charge is 0.253 e. The summed E-state index contributed by atoms with van der Waals surface area (Å²) in [4.78, 5) is 31.5. The van der Waals surface area contributed by atoms with Crippen LogP contribution in [0.4, 0.5) is 5.69 Å². The summed E-state index contributed by atoms with van der Waals surface area (Å²) in [6.07, 6.45) is 5.93. The van der Waals surface area contributed by atoms with Crippen LogP contribution in [0.25, 0.3) is 0 Å². The molecule has 0 aliphatic carbocycles. The molecule has 2 fully saturated rings. The molecule has 0 spiro atoms. The molecule has 1 N–H and O–H groups in total. The molecule has 2 heterocycles. The first-order valence-electron chi connectivity index (χ1n) is 11.5. The lowest BCUT2D eigenvalue weighted by Gasteiger charge is -2.32. The van der Waals surface area contributed by atoms with Gasteiger partial charge < -0.3 is 15.1 Å². The molecular weight excluding hydrogens is 376 g/mol. The Morgan fingerprint density at radius 1 is 1.07 bits per heavy atom. The molecule has 0 aromatic heterocycles. The van der Waals surface area contributed by atoms with Crippen molar-refractivity contribution in [3.05, 3.63) is 29.8 Å². The molecule has 2 aliphatic heterocycles. The lowest BCUT2D eigenvalue weighted by molar-refractivity contribution is -0.121. The van der Waals surface area contributed by atoms with E-state index < -0.39 is 0 Å². The molecule has 30 heavy (non-hydrogen) atoms. The number of benzene rings is 1. The minimum absolute atomic E-state index is 0.119. The Hall–Kier alpha value is -2.08. The number of likely N-dealkylation sites (tertiary alicyclic amines) is 2. The Bertz CT molecular complexity index is 696. The van der Waals surface area contributed by atoms with E-state index in [1.165, 1.54) is 12.8 Å². The summed E-state index contributed by atoms with van der Waals surface area (Å²) >= 11 is 0. The summed E-state index contributed by atoms with van der Waals surface area (Å²) in [7, 11) is 3.99. The molecule has 6 nitrogen and oxygen atoms in total. The highest BCUT2D eigenvalue weighted by atomic mass is 16.2. The zero-order chi connectivity index (χ0) is 21.5. The van der Waals surface area contributed by atoms with Gasteiger partial charge in [0, 0.05) is 57.4 Å². The maximum Gasteiger partial charge on any atom is 0.253 e. The number of piperidine rings is 1. The van der Waals surface area contributed by atoms with Gasteiger partial charge in [0.05, 0.1) is 0 Å². The number of hydrogen-bond donors (Lipinski definition) is 1. The standard InChI is InChI=1S/C24H38N4O2/c1-4-27-15-5-6-22(27)18-25-23(29)12-7-19-13-16-28(17-14-19)24(30)20-8-10-21(11-9-20)26(2)3/h8-11,19,22H,4-7,12-18H2,1-3H3,(H,25,29)/t22-/m0/s1. The molecule has 1 atom stereocenters. The van der Waals surface area contributed by atoms with Crippen molar-refractivity contribution >= 4 is 17.5 Å². The first-order chi connectivity index (χ1) is 14.5. The summed E-state index contributed by atoms with van der Waals surface area (Å²) in [5.41, 5.74) is 1.85. The molecule has 2 amide bonds. The SMILES string of the molecule is CCN1CCC[C@H]1CNC(=O)CCC1CCN(C(=O)c2ccc(N(C)C)cc2)CC1. The molecule has 1 aromatic carbocycles. The molecular formula is C24H38N4O2. The van der Waals surface area contributed by atoms with E-state index in [1.807, 2.05) is 48.2 Å². The van der Waals surface area contributed by atoms with Gasteiger partial charge in [-0.05, 0) is 75.4 Å². The molecule has 1 aromatic rings. The van der Waals surface area contributed by atoms with Gasteiger partial charge in [0.15, 0.2) is 0 Å². The number of nitrogens with zero attached hydrogens (tertiary/aromatic N) is 3. The van der Waals surface area contributed by atoms with E-state index >= 15 is 0 Å². The van der Waals surface area contributed by atoms with Crippen LogP contribution >= 0.6 is 0 Å². The maximum absolute atomic E-state index is 12.8. The van der Waals surface area contributed by atoms with Crippen LogP contribution < -0.4 is 10.2 Å². The lowest BCUT2D eigenvalue weighted by atomic mass is 9.91. The fourth-order valence-electron chi connectivity index (χ4n) is 4.71. The van der Waals surface area contributed by atoms with Crippen LogP contribution in [0.3, 0.4) is 0 Å². The second kappa shape index (κ2) is 10.8. The van der Waals surface area contributed by atoms with Crippen molar-refractivity contribution in [2.24, 2.45) is 5.92 Å². The first-order valence-corrected chi connectivity index (χ1v) is 11.5. The van der Waals surface area contributed by atoms with Gasteiger partial charge in [0.25, 0.3) is 5.91 Å². The zero-order valence-electron chi connectivity index (χ0n) is 18.9. The second-order valence-corrected chi connectivity index (χ2v) is 8.94. The minimum atomic E-state index is 0.119. The number of anilines is 1. The monoisotopic (exact) mass is 414 g/mol. The topological polar surface area (TPSA) is 55.9 Å². The van der Waals surface area contributed by atoms with Crippen LogP contribution in [0.15, 0.2) is 24.3 Å². The van der Waals surface area contributed by atoms with Gasteiger partial charge >= 0.3 is 0 Å². The third-order valence-electron chi connectivity index (χ3n) is 6.75.